The molecule has 0 amide bonds. The lowest BCUT2D eigenvalue weighted by atomic mass is 10.8. The van der Waals surface area contributed by atoms with Gasteiger partial charge in [-0.1, -0.05) is 0 Å². The molecule has 0 radical (unpaired) electrons. The van der Waals surface area contributed by atoms with Crippen molar-refractivity contribution in [2.45, 2.75) is 0 Å². The van der Waals surface area contributed by atoms with Gasteiger partial charge in [-0.05, 0) is 0 Å². The zero-order valence-corrected chi connectivity index (χ0v) is 5.17. The molecule has 0 bridgehead atoms. The maximum atomic E-state index is 8.28. The van der Waals surface area contributed by atoms with E-state index in [4.69, 9.17) is 20.5 Å². The predicted molar refractivity (Wildman–Crippen MR) is 30.6 cm³/mol. The molecule has 0 saturated carbocycles. The van der Waals surface area contributed by atoms with Gasteiger partial charge in [0.1, 0.15) is 0 Å². The van der Waals surface area contributed by atoms with Crippen molar-refractivity contribution >= 4 is 7.94 Å². The average molecular weight is 141 g/mol. The van der Waals surface area contributed by atoms with Crippen LogP contribution in [0.25, 0.3) is 0 Å². The lowest BCUT2D eigenvalue weighted by molar-refractivity contribution is 0.330. The lowest BCUT2D eigenvalue weighted by Gasteiger charge is -2.00. The van der Waals surface area contributed by atoms with Gasteiger partial charge in [-0.3, -0.25) is 11.3 Å². The largest absolute Gasteiger partial charge is 0.405 e. The molecule has 0 heterocycles. The van der Waals surface area contributed by atoms with Crippen molar-refractivity contribution in [1.82, 2.24) is 5.43 Å². The number of hydrogen-bond donors (Lipinski definition) is 5. The lowest BCUT2D eigenvalue weighted by Crippen LogP contribution is -2.26. The van der Waals surface area contributed by atoms with Crippen LogP contribution in [0.2, 0.25) is 0 Å². The van der Waals surface area contributed by atoms with Crippen molar-refractivity contribution in [3.05, 3.63) is 0 Å². The first-order valence-corrected chi connectivity index (χ1v) is 3.89. The van der Waals surface area contributed by atoms with Crippen LogP contribution < -0.4 is 11.3 Å². The molecule has 5 nitrogen and oxygen atoms in total. The van der Waals surface area contributed by atoms with Gasteiger partial charge in [0.05, 0.1) is 6.54 Å². The third-order valence-electron chi connectivity index (χ3n) is 0.556. The maximum absolute atomic E-state index is 8.28. The number of nitrogens with two attached hydrogens (primary N) is 1. The van der Waals surface area contributed by atoms with Gasteiger partial charge in [-0.25, -0.2) is 0 Å². The van der Waals surface area contributed by atoms with E-state index < -0.39 is 7.94 Å². The first-order chi connectivity index (χ1) is 3.56. The summed E-state index contributed by atoms with van der Waals surface area (Å²) in [6.45, 7) is 0.206. The van der Waals surface area contributed by atoms with E-state index in [1.165, 1.54) is 0 Å². The van der Waals surface area contributed by atoms with Gasteiger partial charge in [-0.15, -0.1) is 0 Å². The number of nitrogens with one attached hydrogen (secondary N) is 1. The molecule has 0 aliphatic heterocycles. The number of hydrogen-bond acceptors (Lipinski definition) is 5. The summed E-state index contributed by atoms with van der Waals surface area (Å²) in [5.74, 6) is 4.77. The fourth-order valence-electron chi connectivity index (χ4n) is 0.215. The van der Waals surface area contributed by atoms with Crippen LogP contribution in [0.15, 0.2) is 0 Å². The molecule has 0 aromatic carbocycles. The Labute approximate surface area is 47.7 Å². The van der Waals surface area contributed by atoms with Crippen molar-refractivity contribution in [1.29, 1.82) is 0 Å². The Bertz CT molecular complexity index is 62.8. The van der Waals surface area contributed by atoms with E-state index in [9.17, 15) is 0 Å². The van der Waals surface area contributed by atoms with Gasteiger partial charge in [0.2, 0.25) is 0 Å². The zero-order chi connectivity index (χ0) is 6.62. The summed E-state index contributed by atoms with van der Waals surface area (Å²) in [7, 11) is -3.57. The molecule has 6 heteroatoms. The summed E-state index contributed by atoms with van der Waals surface area (Å²) in [4.78, 5) is 24.8. The molecule has 0 rings (SSSR count). The quantitative estimate of drug-likeness (QED) is 0.181. The van der Waals surface area contributed by atoms with Gasteiger partial charge < -0.3 is 0 Å². The second-order valence-electron chi connectivity index (χ2n) is 1.37. The van der Waals surface area contributed by atoms with E-state index in [0.29, 0.717) is 0 Å². The summed E-state index contributed by atoms with van der Waals surface area (Å²) in [5.41, 5.74) is 2.17. The van der Waals surface area contributed by atoms with Gasteiger partial charge in [-0.2, -0.15) is 14.7 Å². The minimum atomic E-state index is -3.57. The van der Waals surface area contributed by atoms with Gasteiger partial charge in [0.25, 0.3) is 0 Å². The highest BCUT2D eigenvalue weighted by molar-refractivity contribution is 7.58. The molecular formula is C2H10N2O3P+. The predicted octanol–water partition coefficient (Wildman–Crippen LogP) is -1.81. The molecule has 0 saturated heterocycles. The van der Waals surface area contributed by atoms with E-state index in [1.807, 2.05) is 0 Å². The summed E-state index contributed by atoms with van der Waals surface area (Å²) in [6, 6.07) is 0. The van der Waals surface area contributed by atoms with E-state index in [1.54, 1.807) is 0 Å². The second kappa shape index (κ2) is 3.29. The van der Waals surface area contributed by atoms with Gasteiger partial charge in [0.15, 0.2) is 6.16 Å². The third kappa shape index (κ3) is 6.23. The summed E-state index contributed by atoms with van der Waals surface area (Å²) >= 11 is 0. The zero-order valence-electron chi connectivity index (χ0n) is 4.28. The topological polar surface area (TPSA) is 98.7 Å². The average Bonchev–Trinajstić information content (AvgIpc) is 1.59. The molecule has 0 spiro atoms. The minimum Gasteiger partial charge on any atom is -0.271 e. The van der Waals surface area contributed by atoms with Crippen molar-refractivity contribution in [3.63, 3.8) is 0 Å². The molecule has 0 fully saturated rings. The van der Waals surface area contributed by atoms with Crippen LogP contribution in [0.4, 0.5) is 0 Å². The Morgan fingerprint density at radius 1 is 1.38 bits per heavy atom. The van der Waals surface area contributed by atoms with Gasteiger partial charge in [0, 0.05) is 0 Å². The third-order valence-corrected chi connectivity index (χ3v) is 1.38. The summed E-state index contributed by atoms with van der Waals surface area (Å²) in [6.07, 6.45) is -0.0938. The fraction of sp³-hybridized carbons (Fsp3) is 1.00. The Hall–Kier alpha value is 0.230. The Morgan fingerprint density at radius 2 is 1.88 bits per heavy atom. The van der Waals surface area contributed by atoms with Crippen LogP contribution in [-0.2, 0) is 0 Å². The second-order valence-corrected chi connectivity index (χ2v) is 3.20. The molecule has 50 valence electrons. The molecule has 0 aliphatic carbocycles. The number of hydrazine groups is 1. The SMILES string of the molecule is NNCC[P+](O)(O)O. The highest BCUT2D eigenvalue weighted by Crippen LogP contribution is 2.43. The summed E-state index contributed by atoms with van der Waals surface area (Å²) in [5, 5.41) is 0. The van der Waals surface area contributed by atoms with Crippen LogP contribution >= 0.6 is 7.94 Å². The van der Waals surface area contributed by atoms with Crippen LogP contribution in [0, 0.1) is 0 Å². The van der Waals surface area contributed by atoms with Crippen molar-refractivity contribution in [3.8, 4) is 0 Å². The van der Waals surface area contributed by atoms with E-state index in [0.717, 1.165) is 0 Å². The number of rotatable bonds is 3. The molecular weight excluding hydrogens is 131 g/mol. The first kappa shape index (κ1) is 8.23. The maximum Gasteiger partial charge on any atom is 0.405 e. The molecule has 0 unspecified atom stereocenters. The Balaban J connectivity index is 3.11. The fourth-order valence-corrected chi connectivity index (χ4v) is 0.644. The van der Waals surface area contributed by atoms with Crippen molar-refractivity contribution < 1.29 is 14.7 Å². The van der Waals surface area contributed by atoms with E-state index in [2.05, 4.69) is 5.43 Å². The highest BCUT2D eigenvalue weighted by Gasteiger charge is 2.27. The van der Waals surface area contributed by atoms with Gasteiger partial charge >= 0.3 is 7.94 Å². The van der Waals surface area contributed by atoms with Crippen LogP contribution in [0.3, 0.4) is 0 Å². The van der Waals surface area contributed by atoms with E-state index in [-0.39, 0.29) is 12.7 Å². The molecule has 0 aromatic heterocycles. The van der Waals surface area contributed by atoms with E-state index >= 15 is 0 Å². The summed E-state index contributed by atoms with van der Waals surface area (Å²) < 4.78 is 0. The van der Waals surface area contributed by atoms with Crippen LogP contribution in [-0.4, -0.2) is 27.4 Å². The van der Waals surface area contributed by atoms with Crippen LogP contribution in [0.5, 0.6) is 0 Å². The minimum absolute atomic E-state index is 0.0938. The molecule has 0 atom stereocenters. The van der Waals surface area contributed by atoms with Crippen molar-refractivity contribution in [2.24, 2.45) is 5.84 Å². The standard InChI is InChI=1S/C2H10N2O3P/c3-4-1-2-8(5,6)7/h4-7H,1-3H2/q+1. The molecule has 0 aliphatic rings. The monoisotopic (exact) mass is 141 g/mol. The highest BCUT2D eigenvalue weighted by atomic mass is 31.2. The Morgan fingerprint density at radius 3 is 2.00 bits per heavy atom. The molecule has 6 N–H and O–H groups in total. The normalized spacial score (nSPS) is 12.0. The smallest absolute Gasteiger partial charge is 0.271 e. The molecule has 8 heavy (non-hydrogen) atoms. The van der Waals surface area contributed by atoms with Crippen LogP contribution in [0.1, 0.15) is 0 Å². The van der Waals surface area contributed by atoms with Crippen molar-refractivity contribution in [2.75, 3.05) is 12.7 Å². The Kier molecular flexibility index (Phi) is 3.39. The molecule has 0 aromatic rings. The first-order valence-electron chi connectivity index (χ1n) is 2.06.